The molecule has 128 valence electrons. The molecule has 1 N–H and O–H groups in total. The van der Waals surface area contributed by atoms with Crippen molar-refractivity contribution >= 4 is 16.8 Å². The van der Waals surface area contributed by atoms with E-state index in [1.807, 2.05) is 29.3 Å². The average molecular weight is 333 g/mol. The summed E-state index contributed by atoms with van der Waals surface area (Å²) in [4.78, 5) is 22.5. The zero-order valence-corrected chi connectivity index (χ0v) is 15.0. The lowest BCUT2D eigenvalue weighted by Gasteiger charge is -2.39. The minimum atomic E-state index is 0.204. The van der Waals surface area contributed by atoms with Crippen LogP contribution in [-0.4, -0.2) is 33.9 Å². The molecule has 1 amide bonds. The van der Waals surface area contributed by atoms with Crippen LogP contribution in [0.25, 0.3) is 10.9 Å². The third-order valence-corrected chi connectivity index (χ3v) is 5.24. The van der Waals surface area contributed by atoms with Crippen LogP contribution in [0.15, 0.2) is 36.5 Å². The van der Waals surface area contributed by atoms with Crippen LogP contribution in [0.3, 0.4) is 0 Å². The predicted octanol–water partition coefficient (Wildman–Crippen LogP) is 3.66. The first-order valence-electron chi connectivity index (χ1n) is 8.80. The average Bonchev–Trinajstić information content (AvgIpc) is 2.84. The molecule has 2 aromatic heterocycles. The van der Waals surface area contributed by atoms with E-state index in [0.717, 1.165) is 35.6 Å². The summed E-state index contributed by atoms with van der Waals surface area (Å²) in [5, 5.41) is 1.19. The Kier molecular flexibility index (Phi) is 3.83. The van der Waals surface area contributed by atoms with Crippen LogP contribution in [0.5, 0.6) is 0 Å². The highest BCUT2D eigenvalue weighted by Crippen LogP contribution is 2.29. The van der Waals surface area contributed by atoms with E-state index in [1.165, 1.54) is 16.5 Å². The van der Waals surface area contributed by atoms with Gasteiger partial charge in [0.2, 0.25) is 5.91 Å². The highest BCUT2D eigenvalue weighted by molar-refractivity contribution is 5.92. The molecule has 3 aromatic rings. The lowest BCUT2D eigenvalue weighted by atomic mass is 9.94. The Balaban J connectivity index is 1.51. The van der Waals surface area contributed by atoms with Gasteiger partial charge in [-0.1, -0.05) is 17.7 Å². The van der Waals surface area contributed by atoms with Gasteiger partial charge in [0.15, 0.2) is 0 Å². The van der Waals surface area contributed by atoms with Gasteiger partial charge in [-0.3, -0.25) is 9.78 Å². The number of carbonyl (C=O) groups is 1. The van der Waals surface area contributed by atoms with E-state index in [9.17, 15) is 4.79 Å². The number of rotatable bonds is 3. The van der Waals surface area contributed by atoms with Crippen molar-refractivity contribution in [1.29, 1.82) is 0 Å². The summed E-state index contributed by atoms with van der Waals surface area (Å²) in [6, 6.07) is 10.3. The van der Waals surface area contributed by atoms with Crippen LogP contribution in [0.1, 0.15) is 34.0 Å². The van der Waals surface area contributed by atoms with E-state index < -0.39 is 0 Å². The standard InChI is InChI=1S/C21H23N3O/c1-13-8-14(2)21-18(9-13)17(15(3)23-21)10-20(25)24-11-16(12-24)19-6-4-5-7-22-19/h4-9,16,23H,10-12H2,1-3H3. The largest absolute Gasteiger partial charge is 0.358 e. The molecule has 0 unspecified atom stereocenters. The van der Waals surface area contributed by atoms with Crippen LogP contribution in [-0.2, 0) is 11.2 Å². The lowest BCUT2D eigenvalue weighted by Crippen LogP contribution is -2.49. The molecule has 0 atom stereocenters. The topological polar surface area (TPSA) is 49.0 Å². The van der Waals surface area contributed by atoms with Gasteiger partial charge < -0.3 is 9.88 Å². The molecule has 1 saturated heterocycles. The molecule has 0 aliphatic carbocycles. The number of H-pyrrole nitrogens is 1. The van der Waals surface area contributed by atoms with Crippen LogP contribution >= 0.6 is 0 Å². The van der Waals surface area contributed by atoms with Gasteiger partial charge in [0.1, 0.15) is 0 Å². The molecule has 4 rings (SSSR count). The number of aromatic nitrogens is 2. The van der Waals surface area contributed by atoms with Gasteiger partial charge in [-0.05, 0) is 50.1 Å². The number of nitrogens with one attached hydrogen (secondary N) is 1. The molecule has 0 radical (unpaired) electrons. The van der Waals surface area contributed by atoms with Crippen LogP contribution in [0.4, 0.5) is 0 Å². The number of pyridine rings is 1. The van der Waals surface area contributed by atoms with Gasteiger partial charge in [-0.25, -0.2) is 0 Å². The molecular weight excluding hydrogens is 310 g/mol. The maximum absolute atomic E-state index is 12.7. The number of aromatic amines is 1. The molecule has 1 fully saturated rings. The van der Waals surface area contributed by atoms with Gasteiger partial charge in [-0.2, -0.15) is 0 Å². The van der Waals surface area contributed by atoms with Gasteiger partial charge in [0.05, 0.1) is 6.42 Å². The summed E-state index contributed by atoms with van der Waals surface area (Å²) in [5.74, 6) is 0.578. The second-order valence-corrected chi connectivity index (χ2v) is 7.16. The molecular formula is C21H23N3O. The molecule has 0 spiro atoms. The van der Waals surface area contributed by atoms with E-state index >= 15 is 0 Å². The minimum Gasteiger partial charge on any atom is -0.358 e. The third kappa shape index (κ3) is 2.82. The number of carbonyl (C=O) groups excluding carboxylic acids is 1. The second-order valence-electron chi connectivity index (χ2n) is 7.16. The monoisotopic (exact) mass is 333 g/mol. The fourth-order valence-electron chi connectivity index (χ4n) is 3.81. The Morgan fingerprint density at radius 3 is 2.76 bits per heavy atom. The molecule has 25 heavy (non-hydrogen) atoms. The van der Waals surface area contributed by atoms with Gasteiger partial charge >= 0.3 is 0 Å². The summed E-state index contributed by atoms with van der Waals surface area (Å²) in [6.45, 7) is 7.83. The van der Waals surface area contributed by atoms with Crippen molar-refractivity contribution in [3.63, 3.8) is 0 Å². The summed E-state index contributed by atoms with van der Waals surface area (Å²) in [6.07, 6.45) is 2.28. The van der Waals surface area contributed by atoms with Crippen molar-refractivity contribution in [3.8, 4) is 0 Å². The minimum absolute atomic E-state index is 0.204. The van der Waals surface area contributed by atoms with Gasteiger partial charge in [0.25, 0.3) is 0 Å². The highest BCUT2D eigenvalue weighted by atomic mass is 16.2. The molecule has 4 heteroatoms. The molecule has 0 saturated carbocycles. The fraction of sp³-hybridized carbons (Fsp3) is 0.333. The Bertz CT molecular complexity index is 937. The SMILES string of the molecule is Cc1cc(C)c2[nH]c(C)c(CC(=O)N3CC(c4ccccn4)C3)c2c1. The summed E-state index contributed by atoms with van der Waals surface area (Å²) >= 11 is 0. The first kappa shape index (κ1) is 15.9. The maximum atomic E-state index is 12.7. The Morgan fingerprint density at radius 2 is 2.04 bits per heavy atom. The maximum Gasteiger partial charge on any atom is 0.227 e. The highest BCUT2D eigenvalue weighted by Gasteiger charge is 2.32. The first-order chi connectivity index (χ1) is 12.0. The van der Waals surface area contributed by atoms with Crippen molar-refractivity contribution in [2.24, 2.45) is 0 Å². The smallest absolute Gasteiger partial charge is 0.227 e. The van der Waals surface area contributed by atoms with Crippen LogP contribution < -0.4 is 0 Å². The lowest BCUT2D eigenvalue weighted by molar-refractivity contribution is -0.134. The summed E-state index contributed by atoms with van der Waals surface area (Å²) < 4.78 is 0. The number of likely N-dealkylation sites (tertiary alicyclic amines) is 1. The number of aryl methyl sites for hydroxylation is 3. The van der Waals surface area contributed by atoms with Crippen molar-refractivity contribution < 1.29 is 4.79 Å². The number of amides is 1. The van der Waals surface area contributed by atoms with E-state index in [0.29, 0.717) is 12.3 Å². The predicted molar refractivity (Wildman–Crippen MR) is 99.8 cm³/mol. The first-order valence-corrected chi connectivity index (χ1v) is 8.80. The normalized spacial score (nSPS) is 14.8. The number of hydrogen-bond acceptors (Lipinski definition) is 2. The van der Waals surface area contributed by atoms with E-state index in [2.05, 4.69) is 42.9 Å². The van der Waals surface area contributed by atoms with E-state index in [-0.39, 0.29) is 5.91 Å². The Labute approximate surface area is 147 Å². The number of nitrogens with zero attached hydrogens (tertiary/aromatic N) is 2. The summed E-state index contributed by atoms with van der Waals surface area (Å²) in [7, 11) is 0. The fourth-order valence-corrected chi connectivity index (χ4v) is 3.81. The van der Waals surface area contributed by atoms with E-state index in [1.54, 1.807) is 0 Å². The van der Waals surface area contributed by atoms with Crippen molar-refractivity contribution in [3.05, 3.63) is 64.6 Å². The number of fused-ring (bicyclic) bond motifs is 1. The molecule has 4 nitrogen and oxygen atoms in total. The van der Waals surface area contributed by atoms with Crippen LogP contribution in [0.2, 0.25) is 0 Å². The quantitative estimate of drug-likeness (QED) is 0.795. The van der Waals surface area contributed by atoms with Gasteiger partial charge in [-0.15, -0.1) is 0 Å². The zero-order chi connectivity index (χ0) is 17.6. The number of benzene rings is 1. The van der Waals surface area contributed by atoms with Gasteiger partial charge in [0, 0.05) is 47.5 Å². The van der Waals surface area contributed by atoms with Crippen molar-refractivity contribution in [1.82, 2.24) is 14.9 Å². The summed E-state index contributed by atoms with van der Waals surface area (Å²) in [5.41, 5.74) is 6.93. The zero-order valence-electron chi connectivity index (χ0n) is 15.0. The molecule has 1 aromatic carbocycles. The van der Waals surface area contributed by atoms with E-state index in [4.69, 9.17) is 0 Å². The van der Waals surface area contributed by atoms with Crippen molar-refractivity contribution in [2.45, 2.75) is 33.1 Å². The third-order valence-electron chi connectivity index (χ3n) is 5.24. The molecule has 0 bridgehead atoms. The molecule has 1 aliphatic rings. The Morgan fingerprint density at radius 1 is 1.24 bits per heavy atom. The second kappa shape index (κ2) is 6.03. The molecule has 3 heterocycles. The Hall–Kier alpha value is -2.62. The molecule has 1 aliphatic heterocycles. The van der Waals surface area contributed by atoms with Crippen LogP contribution in [0, 0.1) is 20.8 Å². The number of hydrogen-bond donors (Lipinski definition) is 1. The van der Waals surface area contributed by atoms with Crippen molar-refractivity contribution in [2.75, 3.05) is 13.1 Å².